The number of imidazole rings is 1. The second-order valence-electron chi connectivity index (χ2n) is 4.67. The minimum atomic E-state index is -3.60. The fourth-order valence-electron chi connectivity index (χ4n) is 2.04. The second kappa shape index (κ2) is 5.05. The zero-order valence-corrected chi connectivity index (χ0v) is 12.4. The Bertz CT molecular complexity index is 919. The summed E-state index contributed by atoms with van der Waals surface area (Å²) in [6.45, 7) is 0. The summed E-state index contributed by atoms with van der Waals surface area (Å²) in [4.78, 5) is 6.90. The number of fused-ring (bicyclic) bond motifs is 1. The Morgan fingerprint density at radius 1 is 1.19 bits per heavy atom. The number of halogens is 1. The Hall–Kier alpha value is -2.05. The van der Waals surface area contributed by atoms with Crippen LogP contribution in [0.3, 0.4) is 0 Å². The number of aromatic nitrogens is 2. The van der Waals surface area contributed by atoms with E-state index in [0.29, 0.717) is 27.3 Å². The van der Waals surface area contributed by atoms with E-state index in [1.165, 1.54) is 0 Å². The third-order valence-electron chi connectivity index (χ3n) is 3.08. The van der Waals surface area contributed by atoms with E-state index in [-0.39, 0.29) is 10.9 Å². The molecule has 0 aliphatic heterocycles. The molecule has 0 saturated carbocycles. The summed E-state index contributed by atoms with van der Waals surface area (Å²) in [5.41, 5.74) is 7.90. The number of rotatable bonds is 3. The van der Waals surface area contributed by atoms with Crippen LogP contribution in [0.4, 0.5) is 5.69 Å². The molecule has 3 N–H and O–H groups in total. The van der Waals surface area contributed by atoms with Crippen molar-refractivity contribution in [1.29, 1.82) is 0 Å². The first-order chi connectivity index (χ1) is 9.95. The van der Waals surface area contributed by atoms with E-state index in [0.717, 1.165) is 0 Å². The van der Waals surface area contributed by atoms with Gasteiger partial charge in [-0.3, -0.25) is 0 Å². The molecule has 0 bridgehead atoms. The Morgan fingerprint density at radius 2 is 1.95 bits per heavy atom. The molecule has 0 fully saturated rings. The highest BCUT2D eigenvalue weighted by atomic mass is 35.5. The molecule has 0 aliphatic rings. The largest absolute Gasteiger partial charge is 0.399 e. The number of hydrogen-bond acceptors (Lipinski definition) is 4. The van der Waals surface area contributed by atoms with Gasteiger partial charge in [-0.25, -0.2) is 13.4 Å². The summed E-state index contributed by atoms with van der Waals surface area (Å²) < 4.78 is 24.8. The van der Waals surface area contributed by atoms with Gasteiger partial charge in [0.25, 0.3) is 0 Å². The molecule has 1 aromatic heterocycles. The van der Waals surface area contributed by atoms with Crippen LogP contribution >= 0.6 is 11.6 Å². The van der Waals surface area contributed by atoms with Gasteiger partial charge in [-0.15, -0.1) is 0 Å². The van der Waals surface area contributed by atoms with Gasteiger partial charge in [0.05, 0.1) is 16.8 Å². The minimum absolute atomic E-state index is 0.0805. The molecule has 0 amide bonds. The molecule has 108 valence electrons. The lowest BCUT2D eigenvalue weighted by atomic mass is 10.2. The quantitative estimate of drug-likeness (QED) is 0.726. The molecule has 3 rings (SSSR count). The van der Waals surface area contributed by atoms with Crippen molar-refractivity contribution < 1.29 is 8.42 Å². The highest BCUT2D eigenvalue weighted by Gasteiger charge is 2.21. The molecule has 0 radical (unpaired) electrons. The Balaban J connectivity index is 2.02. The van der Waals surface area contributed by atoms with Crippen molar-refractivity contribution in [2.75, 3.05) is 5.73 Å². The van der Waals surface area contributed by atoms with Gasteiger partial charge in [-0.1, -0.05) is 29.8 Å². The number of hydrogen-bond donors (Lipinski definition) is 2. The number of anilines is 1. The summed E-state index contributed by atoms with van der Waals surface area (Å²) in [6.07, 6.45) is 0. The molecule has 0 atom stereocenters. The van der Waals surface area contributed by atoms with Crippen molar-refractivity contribution in [3.63, 3.8) is 0 Å². The van der Waals surface area contributed by atoms with Crippen molar-refractivity contribution in [1.82, 2.24) is 9.97 Å². The third kappa shape index (κ3) is 2.72. The zero-order chi connectivity index (χ0) is 15.0. The first kappa shape index (κ1) is 13.9. The van der Waals surface area contributed by atoms with Gasteiger partial charge < -0.3 is 10.7 Å². The van der Waals surface area contributed by atoms with Crippen LogP contribution in [0.5, 0.6) is 0 Å². The SMILES string of the molecule is Nc1ccc2nc(S(=O)(=O)Cc3ccccc3Cl)[nH]c2c1. The van der Waals surface area contributed by atoms with Crippen LogP contribution in [0.25, 0.3) is 11.0 Å². The number of H-pyrrole nitrogens is 1. The van der Waals surface area contributed by atoms with Crippen LogP contribution in [-0.4, -0.2) is 18.4 Å². The monoisotopic (exact) mass is 321 g/mol. The zero-order valence-electron chi connectivity index (χ0n) is 10.9. The standard InChI is InChI=1S/C14H12ClN3O2S/c15-11-4-2-1-3-9(11)8-21(19,20)14-17-12-6-5-10(16)7-13(12)18-14/h1-7H,8,16H2,(H,17,18). The average molecular weight is 322 g/mol. The predicted molar refractivity (Wildman–Crippen MR) is 82.8 cm³/mol. The van der Waals surface area contributed by atoms with E-state index in [9.17, 15) is 8.42 Å². The maximum absolute atomic E-state index is 12.4. The summed E-state index contributed by atoms with van der Waals surface area (Å²) >= 11 is 6.01. The minimum Gasteiger partial charge on any atom is -0.399 e. The number of nitrogens with two attached hydrogens (primary N) is 1. The van der Waals surface area contributed by atoms with Crippen molar-refractivity contribution in [3.8, 4) is 0 Å². The highest BCUT2D eigenvalue weighted by Crippen LogP contribution is 2.23. The molecule has 0 spiro atoms. The van der Waals surface area contributed by atoms with Crippen LogP contribution in [-0.2, 0) is 15.6 Å². The van der Waals surface area contributed by atoms with Gasteiger partial charge in [0.1, 0.15) is 0 Å². The average Bonchev–Trinajstić information content (AvgIpc) is 2.85. The molecule has 0 saturated heterocycles. The van der Waals surface area contributed by atoms with Gasteiger partial charge in [0.15, 0.2) is 0 Å². The van der Waals surface area contributed by atoms with E-state index in [1.54, 1.807) is 42.5 Å². The number of sulfone groups is 1. The van der Waals surface area contributed by atoms with E-state index in [1.807, 2.05) is 0 Å². The van der Waals surface area contributed by atoms with Crippen LogP contribution < -0.4 is 5.73 Å². The van der Waals surface area contributed by atoms with Gasteiger partial charge in [-0.2, -0.15) is 0 Å². The topological polar surface area (TPSA) is 88.8 Å². The van der Waals surface area contributed by atoms with Gasteiger partial charge in [0.2, 0.25) is 15.0 Å². The Morgan fingerprint density at radius 3 is 2.71 bits per heavy atom. The lowest BCUT2D eigenvalue weighted by Gasteiger charge is -2.03. The maximum Gasteiger partial charge on any atom is 0.226 e. The van der Waals surface area contributed by atoms with E-state index < -0.39 is 9.84 Å². The number of nitrogens with one attached hydrogen (secondary N) is 1. The number of benzene rings is 2. The van der Waals surface area contributed by atoms with Crippen molar-refractivity contribution in [2.45, 2.75) is 10.9 Å². The summed E-state index contributed by atoms with van der Waals surface area (Å²) in [5.74, 6) is -0.206. The molecule has 0 aliphatic carbocycles. The van der Waals surface area contributed by atoms with Gasteiger partial charge in [-0.05, 0) is 29.8 Å². The van der Waals surface area contributed by atoms with Crippen LogP contribution in [0.2, 0.25) is 5.02 Å². The number of aromatic amines is 1. The van der Waals surface area contributed by atoms with Gasteiger partial charge in [0, 0.05) is 10.7 Å². The first-order valence-corrected chi connectivity index (χ1v) is 8.20. The molecular formula is C14H12ClN3O2S. The normalized spacial score (nSPS) is 11.9. The second-order valence-corrected chi connectivity index (χ2v) is 6.98. The lowest BCUT2D eigenvalue weighted by molar-refractivity contribution is 0.588. The maximum atomic E-state index is 12.4. The fourth-order valence-corrected chi connectivity index (χ4v) is 3.62. The van der Waals surface area contributed by atoms with Crippen molar-refractivity contribution in [2.24, 2.45) is 0 Å². The fraction of sp³-hybridized carbons (Fsp3) is 0.0714. The molecule has 1 heterocycles. The molecule has 2 aromatic carbocycles. The Labute approximate surface area is 126 Å². The molecule has 3 aromatic rings. The summed E-state index contributed by atoms with van der Waals surface area (Å²) in [5, 5.41) is 0.337. The molecular weight excluding hydrogens is 310 g/mol. The van der Waals surface area contributed by atoms with E-state index in [2.05, 4.69) is 9.97 Å². The lowest BCUT2D eigenvalue weighted by Crippen LogP contribution is -2.07. The molecule has 5 nitrogen and oxygen atoms in total. The number of nitrogen functional groups attached to an aromatic ring is 1. The van der Waals surface area contributed by atoms with Crippen LogP contribution in [0, 0.1) is 0 Å². The smallest absolute Gasteiger partial charge is 0.226 e. The molecule has 21 heavy (non-hydrogen) atoms. The van der Waals surface area contributed by atoms with Crippen LogP contribution in [0.15, 0.2) is 47.6 Å². The molecule has 7 heteroatoms. The Kier molecular flexibility index (Phi) is 3.35. The summed E-state index contributed by atoms with van der Waals surface area (Å²) in [6, 6.07) is 11.8. The van der Waals surface area contributed by atoms with E-state index in [4.69, 9.17) is 17.3 Å². The highest BCUT2D eigenvalue weighted by molar-refractivity contribution is 7.90. The number of nitrogens with zero attached hydrogens (tertiary/aromatic N) is 1. The van der Waals surface area contributed by atoms with Gasteiger partial charge >= 0.3 is 0 Å². The third-order valence-corrected chi connectivity index (χ3v) is 4.92. The van der Waals surface area contributed by atoms with E-state index >= 15 is 0 Å². The molecule has 0 unspecified atom stereocenters. The van der Waals surface area contributed by atoms with Crippen molar-refractivity contribution >= 4 is 38.2 Å². The predicted octanol–water partition coefficient (Wildman–Crippen LogP) is 2.77. The first-order valence-electron chi connectivity index (χ1n) is 6.17. The van der Waals surface area contributed by atoms with Crippen molar-refractivity contribution in [3.05, 3.63) is 53.1 Å². The summed E-state index contributed by atoms with van der Waals surface area (Å²) in [7, 11) is -3.60. The van der Waals surface area contributed by atoms with Crippen LogP contribution in [0.1, 0.15) is 5.56 Å².